The summed E-state index contributed by atoms with van der Waals surface area (Å²) in [5.41, 5.74) is 1.08. The van der Waals surface area contributed by atoms with Crippen LogP contribution in [-0.2, 0) is 14.3 Å². The third kappa shape index (κ3) is 7.46. The van der Waals surface area contributed by atoms with Crippen molar-refractivity contribution < 1.29 is 14.3 Å². The molecule has 0 heterocycles. The van der Waals surface area contributed by atoms with Gasteiger partial charge in [0.2, 0.25) is 5.91 Å². The van der Waals surface area contributed by atoms with Crippen molar-refractivity contribution in [2.75, 3.05) is 19.7 Å². The average Bonchev–Trinajstić information content (AvgIpc) is 2.48. The Hall–Kier alpha value is -1.88. The Morgan fingerprint density at radius 2 is 1.95 bits per heavy atom. The molecule has 5 nitrogen and oxygen atoms in total. The van der Waals surface area contributed by atoms with Crippen LogP contribution >= 0.6 is 0 Å². The third-order valence-corrected chi connectivity index (χ3v) is 3.00. The number of rotatable bonds is 9. The zero-order valence-corrected chi connectivity index (χ0v) is 12.7. The monoisotopic (exact) mass is 292 g/mol. The number of nitrogens with one attached hydrogen (secondary N) is 2. The van der Waals surface area contributed by atoms with Gasteiger partial charge in [-0.3, -0.25) is 9.59 Å². The number of esters is 1. The minimum absolute atomic E-state index is 0.0139. The topological polar surface area (TPSA) is 67.4 Å². The molecule has 1 aromatic rings. The summed E-state index contributed by atoms with van der Waals surface area (Å²) in [6.45, 7) is 5.01. The Labute approximate surface area is 126 Å². The minimum Gasteiger partial charge on any atom is -0.466 e. The highest BCUT2D eigenvalue weighted by Gasteiger charge is 2.08. The second kappa shape index (κ2) is 9.94. The maximum atomic E-state index is 11.8. The smallest absolute Gasteiger partial charge is 0.305 e. The van der Waals surface area contributed by atoms with Crippen LogP contribution in [0.4, 0.5) is 0 Å². The molecule has 0 fully saturated rings. The zero-order chi connectivity index (χ0) is 15.5. The van der Waals surface area contributed by atoms with E-state index in [-0.39, 0.29) is 24.5 Å². The van der Waals surface area contributed by atoms with Gasteiger partial charge >= 0.3 is 5.97 Å². The molecule has 1 rings (SSSR count). The lowest BCUT2D eigenvalue weighted by atomic mass is 10.1. The molecule has 116 valence electrons. The fourth-order valence-corrected chi connectivity index (χ4v) is 1.91. The Kier molecular flexibility index (Phi) is 8.12. The number of carbonyl (C=O) groups excluding carboxylic acids is 2. The molecule has 0 aliphatic carbocycles. The molecule has 0 saturated heterocycles. The van der Waals surface area contributed by atoms with Crippen LogP contribution in [0, 0.1) is 0 Å². The SMILES string of the molecule is CCOC(=O)CCCNCC(=O)NC(C)c1ccccc1. The molecule has 21 heavy (non-hydrogen) atoms. The van der Waals surface area contributed by atoms with Crippen LogP contribution in [0.1, 0.15) is 38.3 Å². The van der Waals surface area contributed by atoms with Crippen molar-refractivity contribution in [3.8, 4) is 0 Å². The van der Waals surface area contributed by atoms with Gasteiger partial charge in [-0.05, 0) is 32.4 Å². The van der Waals surface area contributed by atoms with Gasteiger partial charge in [0.1, 0.15) is 0 Å². The van der Waals surface area contributed by atoms with E-state index in [2.05, 4.69) is 10.6 Å². The first kappa shape index (κ1) is 17.2. The summed E-state index contributed by atoms with van der Waals surface area (Å²) in [5.74, 6) is -0.246. The lowest BCUT2D eigenvalue weighted by Gasteiger charge is -2.14. The van der Waals surface area contributed by atoms with Crippen molar-refractivity contribution >= 4 is 11.9 Å². The molecule has 1 aromatic carbocycles. The minimum atomic E-state index is -0.193. The fourth-order valence-electron chi connectivity index (χ4n) is 1.91. The Balaban J connectivity index is 2.13. The number of hydrogen-bond donors (Lipinski definition) is 2. The molecule has 1 atom stereocenters. The summed E-state index contributed by atoms with van der Waals surface area (Å²) >= 11 is 0. The van der Waals surface area contributed by atoms with E-state index in [1.54, 1.807) is 6.92 Å². The van der Waals surface area contributed by atoms with E-state index in [0.29, 0.717) is 26.0 Å². The lowest BCUT2D eigenvalue weighted by molar-refractivity contribution is -0.143. The molecule has 2 N–H and O–H groups in total. The molecule has 0 saturated carbocycles. The summed E-state index contributed by atoms with van der Waals surface area (Å²) in [4.78, 5) is 22.9. The molecule has 0 aliphatic heterocycles. The quantitative estimate of drug-likeness (QED) is 0.538. The summed E-state index contributed by atoms with van der Waals surface area (Å²) in [6, 6.07) is 9.80. The molecular weight excluding hydrogens is 268 g/mol. The molecule has 0 aliphatic rings. The Morgan fingerprint density at radius 3 is 2.62 bits per heavy atom. The van der Waals surface area contributed by atoms with Crippen LogP contribution in [0.15, 0.2) is 30.3 Å². The van der Waals surface area contributed by atoms with Crippen molar-refractivity contribution in [3.63, 3.8) is 0 Å². The highest BCUT2D eigenvalue weighted by Crippen LogP contribution is 2.10. The second-order valence-electron chi connectivity index (χ2n) is 4.79. The number of carbonyl (C=O) groups is 2. The third-order valence-electron chi connectivity index (χ3n) is 3.00. The van der Waals surface area contributed by atoms with E-state index >= 15 is 0 Å². The van der Waals surface area contributed by atoms with Gasteiger partial charge < -0.3 is 15.4 Å². The first-order chi connectivity index (χ1) is 10.1. The van der Waals surface area contributed by atoms with Gasteiger partial charge in [0.15, 0.2) is 0 Å². The lowest BCUT2D eigenvalue weighted by Crippen LogP contribution is -2.35. The predicted molar refractivity (Wildman–Crippen MR) is 81.7 cm³/mol. The number of hydrogen-bond acceptors (Lipinski definition) is 4. The van der Waals surface area contributed by atoms with Gasteiger partial charge in [-0.25, -0.2) is 0 Å². The highest BCUT2D eigenvalue weighted by atomic mass is 16.5. The summed E-state index contributed by atoms with van der Waals surface area (Å²) in [7, 11) is 0. The highest BCUT2D eigenvalue weighted by molar-refractivity contribution is 5.78. The van der Waals surface area contributed by atoms with Crippen molar-refractivity contribution in [2.45, 2.75) is 32.7 Å². The van der Waals surface area contributed by atoms with Crippen molar-refractivity contribution in [1.82, 2.24) is 10.6 Å². The summed E-state index contributed by atoms with van der Waals surface area (Å²) in [6.07, 6.45) is 1.04. The van der Waals surface area contributed by atoms with Crippen LogP contribution < -0.4 is 10.6 Å². The van der Waals surface area contributed by atoms with E-state index in [1.165, 1.54) is 0 Å². The largest absolute Gasteiger partial charge is 0.466 e. The van der Waals surface area contributed by atoms with E-state index in [0.717, 1.165) is 5.56 Å². The van der Waals surface area contributed by atoms with Crippen molar-refractivity contribution in [2.24, 2.45) is 0 Å². The van der Waals surface area contributed by atoms with Crippen LogP contribution in [-0.4, -0.2) is 31.6 Å². The molecular formula is C16H24N2O3. The summed E-state index contributed by atoms with van der Waals surface area (Å²) in [5, 5.41) is 5.94. The van der Waals surface area contributed by atoms with Crippen LogP contribution in [0.3, 0.4) is 0 Å². The standard InChI is InChI=1S/C16H24N2O3/c1-3-21-16(20)10-7-11-17-12-15(19)18-13(2)14-8-5-4-6-9-14/h4-6,8-9,13,17H,3,7,10-12H2,1-2H3,(H,18,19). The van der Waals surface area contributed by atoms with Crippen LogP contribution in [0.5, 0.6) is 0 Å². The maximum Gasteiger partial charge on any atom is 0.305 e. The van der Waals surface area contributed by atoms with E-state index in [4.69, 9.17) is 4.74 Å². The number of amides is 1. The molecule has 0 bridgehead atoms. The molecule has 1 unspecified atom stereocenters. The summed E-state index contributed by atoms with van der Waals surface area (Å²) < 4.78 is 4.83. The molecule has 0 radical (unpaired) electrons. The zero-order valence-electron chi connectivity index (χ0n) is 12.7. The van der Waals surface area contributed by atoms with Crippen LogP contribution in [0.2, 0.25) is 0 Å². The van der Waals surface area contributed by atoms with E-state index < -0.39 is 0 Å². The van der Waals surface area contributed by atoms with Crippen LogP contribution in [0.25, 0.3) is 0 Å². The van der Waals surface area contributed by atoms with Gasteiger partial charge in [-0.2, -0.15) is 0 Å². The van der Waals surface area contributed by atoms with Gasteiger partial charge in [0, 0.05) is 6.42 Å². The van der Waals surface area contributed by atoms with Gasteiger partial charge in [-0.15, -0.1) is 0 Å². The second-order valence-corrected chi connectivity index (χ2v) is 4.79. The van der Waals surface area contributed by atoms with E-state index in [1.807, 2.05) is 37.3 Å². The fraction of sp³-hybridized carbons (Fsp3) is 0.500. The predicted octanol–water partition coefficient (Wildman–Crippen LogP) is 1.80. The van der Waals surface area contributed by atoms with Crippen molar-refractivity contribution in [3.05, 3.63) is 35.9 Å². The molecule has 0 aromatic heterocycles. The first-order valence-electron chi connectivity index (χ1n) is 7.34. The molecule has 1 amide bonds. The van der Waals surface area contributed by atoms with Crippen molar-refractivity contribution in [1.29, 1.82) is 0 Å². The molecule has 5 heteroatoms. The maximum absolute atomic E-state index is 11.8. The number of ether oxygens (including phenoxy) is 1. The Morgan fingerprint density at radius 1 is 1.24 bits per heavy atom. The van der Waals surface area contributed by atoms with Gasteiger partial charge in [0.25, 0.3) is 0 Å². The van der Waals surface area contributed by atoms with Gasteiger partial charge in [-0.1, -0.05) is 30.3 Å². The first-order valence-corrected chi connectivity index (χ1v) is 7.34. The Bertz CT molecular complexity index is 434. The number of benzene rings is 1. The van der Waals surface area contributed by atoms with Gasteiger partial charge in [0.05, 0.1) is 19.2 Å². The average molecular weight is 292 g/mol. The van der Waals surface area contributed by atoms with E-state index in [9.17, 15) is 9.59 Å². The normalized spacial score (nSPS) is 11.7. The molecule has 0 spiro atoms.